The van der Waals surface area contributed by atoms with Crippen molar-refractivity contribution in [3.63, 3.8) is 0 Å². The number of carbonyl (C=O) groups is 3. The number of ether oxygens (including phenoxy) is 3. The number of hydrogen-bond acceptors (Lipinski definition) is 7. The van der Waals surface area contributed by atoms with Gasteiger partial charge in [-0.2, -0.15) is 0 Å². The molecule has 2 aliphatic heterocycles. The van der Waals surface area contributed by atoms with Crippen LogP contribution in [0.15, 0.2) is 12.7 Å². The molecule has 9 nitrogen and oxygen atoms in total. The molecule has 2 aliphatic rings. The van der Waals surface area contributed by atoms with E-state index in [0.717, 1.165) is 0 Å². The van der Waals surface area contributed by atoms with E-state index in [-0.39, 0.29) is 32.2 Å². The van der Waals surface area contributed by atoms with Crippen molar-refractivity contribution < 1.29 is 33.7 Å². The molecule has 0 aromatic heterocycles. The molecule has 152 valence electrons. The number of aliphatic hydroxyl groups is 1. The minimum atomic E-state index is -0.945. The highest BCUT2D eigenvalue weighted by Gasteiger charge is 2.50. The van der Waals surface area contributed by atoms with Gasteiger partial charge in [-0.1, -0.05) is 12.7 Å². The van der Waals surface area contributed by atoms with Crippen LogP contribution in [0.5, 0.6) is 0 Å². The van der Waals surface area contributed by atoms with E-state index in [1.54, 1.807) is 20.8 Å². The average Bonchev–Trinajstić information content (AvgIpc) is 2.82. The van der Waals surface area contributed by atoms with Gasteiger partial charge in [0.25, 0.3) is 0 Å². The molecule has 2 rings (SSSR count). The van der Waals surface area contributed by atoms with Crippen molar-refractivity contribution >= 4 is 18.0 Å². The summed E-state index contributed by atoms with van der Waals surface area (Å²) in [4.78, 5) is 39.8. The molecule has 0 saturated carbocycles. The lowest BCUT2D eigenvalue weighted by atomic mass is 9.99. The Labute approximate surface area is 158 Å². The highest BCUT2D eigenvalue weighted by molar-refractivity contribution is 5.89. The van der Waals surface area contributed by atoms with Gasteiger partial charge >= 0.3 is 12.2 Å². The second-order valence-corrected chi connectivity index (χ2v) is 7.61. The summed E-state index contributed by atoms with van der Waals surface area (Å²) >= 11 is 0. The number of nitrogens with zero attached hydrogens (tertiary/aromatic N) is 2. The van der Waals surface area contributed by atoms with E-state index in [2.05, 4.69) is 6.58 Å². The lowest BCUT2D eigenvalue weighted by Gasteiger charge is -2.29. The quantitative estimate of drug-likeness (QED) is 0.715. The molecule has 0 aliphatic carbocycles. The molecular formula is C18H28N2O7. The first-order chi connectivity index (χ1) is 12.7. The first-order valence-electron chi connectivity index (χ1n) is 8.95. The molecule has 3 atom stereocenters. The fourth-order valence-electron chi connectivity index (χ4n) is 3.31. The Morgan fingerprint density at radius 1 is 1.26 bits per heavy atom. The number of rotatable bonds is 4. The number of ketones is 1. The highest BCUT2D eigenvalue weighted by atomic mass is 16.6. The van der Waals surface area contributed by atoms with Crippen LogP contribution in [0.4, 0.5) is 9.59 Å². The van der Waals surface area contributed by atoms with Crippen molar-refractivity contribution in [1.82, 2.24) is 9.80 Å². The molecule has 0 unspecified atom stereocenters. The molecule has 1 N–H and O–H groups in total. The molecule has 0 spiro atoms. The molecule has 0 aromatic carbocycles. The molecule has 0 radical (unpaired) electrons. The summed E-state index contributed by atoms with van der Waals surface area (Å²) in [7, 11) is 0. The van der Waals surface area contributed by atoms with E-state index in [1.807, 2.05) is 0 Å². The average molecular weight is 384 g/mol. The second-order valence-electron chi connectivity index (χ2n) is 7.61. The van der Waals surface area contributed by atoms with Crippen LogP contribution in [0, 0.1) is 5.92 Å². The van der Waals surface area contributed by atoms with Gasteiger partial charge in [0.05, 0.1) is 12.7 Å². The fraction of sp³-hybridized carbons (Fsp3) is 0.722. The van der Waals surface area contributed by atoms with Gasteiger partial charge < -0.3 is 24.2 Å². The molecule has 2 fully saturated rings. The maximum atomic E-state index is 12.6. The Morgan fingerprint density at radius 3 is 2.56 bits per heavy atom. The van der Waals surface area contributed by atoms with Crippen molar-refractivity contribution in [3.8, 4) is 0 Å². The number of carbonyl (C=O) groups excluding carboxylic acids is 3. The van der Waals surface area contributed by atoms with Crippen LogP contribution in [-0.4, -0.2) is 90.1 Å². The minimum absolute atomic E-state index is 0.0972. The van der Waals surface area contributed by atoms with Crippen molar-refractivity contribution in [2.24, 2.45) is 5.92 Å². The summed E-state index contributed by atoms with van der Waals surface area (Å²) in [6.07, 6.45) is -0.286. The zero-order valence-corrected chi connectivity index (χ0v) is 16.1. The number of fused-ring (bicyclic) bond motifs is 1. The van der Waals surface area contributed by atoms with Gasteiger partial charge in [-0.15, -0.1) is 0 Å². The van der Waals surface area contributed by atoms with Gasteiger partial charge in [0.15, 0.2) is 5.78 Å². The smallest absolute Gasteiger partial charge is 0.411 e. The monoisotopic (exact) mass is 384 g/mol. The lowest BCUT2D eigenvalue weighted by Crippen LogP contribution is -2.48. The zero-order valence-electron chi connectivity index (χ0n) is 16.1. The predicted molar refractivity (Wildman–Crippen MR) is 95.2 cm³/mol. The third-order valence-corrected chi connectivity index (χ3v) is 4.37. The Kier molecular flexibility index (Phi) is 6.83. The number of aliphatic hydroxyl groups excluding tert-OH is 1. The summed E-state index contributed by atoms with van der Waals surface area (Å²) in [6.45, 7) is 9.06. The molecule has 0 bridgehead atoms. The molecule has 0 aromatic rings. The zero-order chi connectivity index (χ0) is 20.2. The van der Waals surface area contributed by atoms with Gasteiger partial charge in [-0.3, -0.25) is 9.69 Å². The summed E-state index contributed by atoms with van der Waals surface area (Å²) in [5, 5.41) is 9.35. The van der Waals surface area contributed by atoms with E-state index in [4.69, 9.17) is 14.2 Å². The van der Waals surface area contributed by atoms with Crippen molar-refractivity contribution in [2.45, 2.75) is 38.5 Å². The maximum absolute atomic E-state index is 12.6. The summed E-state index contributed by atoms with van der Waals surface area (Å²) in [5.41, 5.74) is -0.726. The largest absolute Gasteiger partial charge is 0.445 e. The third kappa shape index (κ3) is 5.20. The molecule has 2 amide bonds. The number of hydrogen-bond donors (Lipinski definition) is 1. The minimum Gasteiger partial charge on any atom is -0.445 e. The topological polar surface area (TPSA) is 106 Å². The van der Waals surface area contributed by atoms with E-state index in [0.29, 0.717) is 6.54 Å². The Morgan fingerprint density at radius 2 is 1.96 bits per heavy atom. The standard InChI is InChI=1S/C18H28N2O7/c1-5-7-26-16(23)19-6-8-25-15-12(9-19)10-20(14(15)13(22)11-21)17(24)27-18(2,3)4/h5,12,14-15,21H,1,6-11H2,2-4H3/t12-,14+,15+/m0/s1. The second kappa shape index (κ2) is 8.71. The highest BCUT2D eigenvalue weighted by Crippen LogP contribution is 2.31. The summed E-state index contributed by atoms with van der Waals surface area (Å²) in [5.74, 6) is -0.812. The lowest BCUT2D eigenvalue weighted by molar-refractivity contribution is -0.130. The predicted octanol–water partition coefficient (Wildman–Crippen LogP) is 0.807. The van der Waals surface area contributed by atoms with E-state index < -0.39 is 42.3 Å². The van der Waals surface area contributed by atoms with Gasteiger partial charge in [-0.25, -0.2) is 9.59 Å². The first kappa shape index (κ1) is 21.2. The number of likely N-dealkylation sites (tertiary alicyclic amines) is 1. The summed E-state index contributed by atoms with van der Waals surface area (Å²) in [6, 6.07) is -0.945. The van der Waals surface area contributed by atoms with Gasteiger partial charge in [0.2, 0.25) is 0 Å². The SMILES string of the molecule is C=CCOC(=O)N1CCO[C@@H]2[C@@H](C1)CN(C(=O)OC(C)(C)C)[C@@H]2C(=O)CO. The van der Waals surface area contributed by atoms with Crippen LogP contribution < -0.4 is 0 Å². The molecular weight excluding hydrogens is 356 g/mol. The van der Waals surface area contributed by atoms with Crippen LogP contribution in [0.1, 0.15) is 20.8 Å². The maximum Gasteiger partial charge on any atom is 0.411 e. The van der Waals surface area contributed by atoms with Crippen LogP contribution >= 0.6 is 0 Å². The van der Waals surface area contributed by atoms with E-state index in [9.17, 15) is 19.5 Å². The van der Waals surface area contributed by atoms with Gasteiger partial charge in [0.1, 0.15) is 24.9 Å². The molecule has 27 heavy (non-hydrogen) atoms. The van der Waals surface area contributed by atoms with Crippen LogP contribution in [0.2, 0.25) is 0 Å². The summed E-state index contributed by atoms with van der Waals surface area (Å²) < 4.78 is 16.3. The Balaban J connectivity index is 2.18. The van der Waals surface area contributed by atoms with Crippen LogP contribution in [-0.2, 0) is 19.0 Å². The number of Topliss-reactive ketones (excluding diaryl/α,β-unsaturated/α-hetero) is 1. The molecule has 9 heteroatoms. The third-order valence-electron chi connectivity index (χ3n) is 4.37. The molecule has 2 heterocycles. The fourth-order valence-corrected chi connectivity index (χ4v) is 3.31. The van der Waals surface area contributed by atoms with Crippen LogP contribution in [0.25, 0.3) is 0 Å². The Hall–Kier alpha value is -2.13. The Bertz CT molecular complexity index is 587. The van der Waals surface area contributed by atoms with E-state index >= 15 is 0 Å². The van der Waals surface area contributed by atoms with E-state index in [1.165, 1.54) is 15.9 Å². The van der Waals surface area contributed by atoms with Crippen molar-refractivity contribution in [3.05, 3.63) is 12.7 Å². The van der Waals surface area contributed by atoms with Crippen LogP contribution in [0.3, 0.4) is 0 Å². The van der Waals surface area contributed by atoms with Crippen molar-refractivity contribution in [1.29, 1.82) is 0 Å². The first-order valence-corrected chi connectivity index (χ1v) is 8.95. The van der Waals surface area contributed by atoms with Gasteiger partial charge in [-0.05, 0) is 20.8 Å². The molecule has 2 saturated heterocycles. The van der Waals surface area contributed by atoms with Gasteiger partial charge in [0, 0.05) is 25.6 Å². The van der Waals surface area contributed by atoms with Crippen molar-refractivity contribution in [2.75, 3.05) is 39.5 Å². The number of amides is 2. The normalized spacial score (nSPS) is 25.4.